The molecule has 0 aliphatic rings. The molecule has 0 atom stereocenters. The maximum Gasteiger partial charge on any atom is 3.00 e. The molecule has 0 nitrogen and oxygen atoms in total. The van der Waals surface area contributed by atoms with Crippen molar-refractivity contribution in [2.75, 3.05) is 0 Å². The third-order valence-corrected chi connectivity index (χ3v) is 1.11. The van der Waals surface area contributed by atoms with Gasteiger partial charge in [-0.1, -0.05) is 0 Å². The Morgan fingerprint density at radius 3 is 0.917 bits per heavy atom. The van der Waals surface area contributed by atoms with E-state index in [1.807, 2.05) is 60.7 Å². The van der Waals surface area contributed by atoms with Crippen molar-refractivity contribution in [2.45, 2.75) is 0 Å². The number of hydrogen-bond acceptors (Lipinski definition) is 0. The van der Waals surface area contributed by atoms with Gasteiger partial charge in [-0.15, -0.1) is 0 Å². The molecule has 0 amide bonds. The number of hydrogen-bond donors (Lipinski definition) is 0. The van der Waals surface area contributed by atoms with Crippen LogP contribution in [0.4, 0.5) is 0 Å². The van der Waals surface area contributed by atoms with E-state index in [1.165, 1.54) is 0 Å². The van der Waals surface area contributed by atoms with Crippen LogP contribution >= 0.6 is 0 Å². The zero-order chi connectivity index (χ0) is 7.07. The van der Waals surface area contributed by atoms with Gasteiger partial charge in [0.25, 0.3) is 0 Å². The molecular formula is C11H13Sc. The Bertz CT molecular complexity index is 144. The summed E-state index contributed by atoms with van der Waals surface area (Å²) >= 11 is 0. The van der Waals surface area contributed by atoms with E-state index in [1.54, 1.807) is 0 Å². The maximum absolute atomic E-state index is 2.00. The fraction of sp³-hybridized carbons (Fsp3) is 0. The van der Waals surface area contributed by atoms with Crippen LogP contribution in [-0.4, -0.2) is 0 Å². The van der Waals surface area contributed by atoms with Gasteiger partial charge in [0.05, 0.1) is 0 Å². The molecular weight excluding hydrogens is 177 g/mol. The zero-order valence-electron chi connectivity index (χ0n) is 7.35. The van der Waals surface area contributed by atoms with Crippen molar-refractivity contribution in [2.24, 2.45) is 0 Å². The van der Waals surface area contributed by atoms with Gasteiger partial charge in [-0.2, -0.15) is 36.4 Å². The molecule has 0 aliphatic heterocycles. The molecule has 0 radical (unpaired) electrons. The average molecular weight is 190 g/mol. The third kappa shape index (κ3) is 7.67. The maximum atomic E-state index is 2.00. The summed E-state index contributed by atoms with van der Waals surface area (Å²) in [5, 5.41) is 0. The van der Waals surface area contributed by atoms with E-state index in [0.717, 1.165) is 0 Å². The van der Waals surface area contributed by atoms with Crippen molar-refractivity contribution in [3.05, 3.63) is 68.1 Å². The van der Waals surface area contributed by atoms with Crippen LogP contribution in [0.25, 0.3) is 0 Å². The Labute approximate surface area is 93.8 Å². The van der Waals surface area contributed by atoms with Gasteiger partial charge in [0.2, 0.25) is 0 Å². The van der Waals surface area contributed by atoms with Gasteiger partial charge in [0.15, 0.2) is 0 Å². The fourth-order valence-electron chi connectivity index (χ4n) is 0.642. The second-order valence-corrected chi connectivity index (χ2v) is 1.92. The first-order valence-electron chi connectivity index (χ1n) is 3.33. The normalized spacial score (nSPS) is 6.67. The third-order valence-electron chi connectivity index (χ3n) is 1.11. The summed E-state index contributed by atoms with van der Waals surface area (Å²) in [6.07, 6.45) is 0. The second kappa shape index (κ2) is 10.6. The first-order chi connectivity index (χ1) is 5.00. The van der Waals surface area contributed by atoms with E-state index < -0.39 is 0 Å². The minimum atomic E-state index is 0. The summed E-state index contributed by atoms with van der Waals surface area (Å²) in [7, 11) is 0. The van der Waals surface area contributed by atoms with Gasteiger partial charge in [-0.3, -0.25) is 0 Å². The van der Waals surface area contributed by atoms with Gasteiger partial charge in [-0.05, 0) is 0 Å². The quantitative estimate of drug-likeness (QED) is 0.559. The van der Waals surface area contributed by atoms with Crippen molar-refractivity contribution in [1.29, 1.82) is 0 Å². The minimum Gasteiger partial charge on any atom is -0.358 e. The van der Waals surface area contributed by atoms with E-state index in [4.69, 9.17) is 0 Å². The van der Waals surface area contributed by atoms with Gasteiger partial charge < -0.3 is 7.43 Å². The summed E-state index contributed by atoms with van der Waals surface area (Å²) in [5.74, 6) is 0. The molecule has 0 fully saturated rings. The van der Waals surface area contributed by atoms with Crippen LogP contribution in [0.3, 0.4) is 0 Å². The molecule has 0 saturated carbocycles. The molecule has 0 unspecified atom stereocenters. The predicted molar refractivity (Wildman–Crippen MR) is 50.5 cm³/mol. The van der Waals surface area contributed by atoms with E-state index in [-0.39, 0.29) is 33.3 Å². The molecule has 2 aromatic rings. The Morgan fingerprint density at radius 1 is 0.583 bits per heavy atom. The standard InChI is InChI=1S/2C5H5.CH3.Sc/c2*1-2-4-5-3-1;;/h2*1-5H;1H3;/q3*-1;+3. The molecule has 0 heterocycles. The smallest absolute Gasteiger partial charge is 0.358 e. The van der Waals surface area contributed by atoms with Crippen LogP contribution in [0.2, 0.25) is 0 Å². The zero-order valence-corrected chi connectivity index (χ0v) is 9.15. The van der Waals surface area contributed by atoms with Crippen molar-refractivity contribution >= 4 is 0 Å². The van der Waals surface area contributed by atoms with Crippen molar-refractivity contribution < 1.29 is 25.8 Å². The van der Waals surface area contributed by atoms with E-state index in [2.05, 4.69) is 0 Å². The average Bonchev–Trinajstić information content (AvgIpc) is 2.67. The Kier molecular flexibility index (Phi) is 12.4. The van der Waals surface area contributed by atoms with Crippen LogP contribution in [0, 0.1) is 7.43 Å². The molecule has 0 bridgehead atoms. The first kappa shape index (κ1) is 14.1. The monoisotopic (exact) mass is 190 g/mol. The van der Waals surface area contributed by atoms with Gasteiger partial charge >= 0.3 is 25.8 Å². The molecule has 0 aliphatic carbocycles. The molecule has 0 aromatic heterocycles. The second-order valence-electron chi connectivity index (χ2n) is 1.92. The van der Waals surface area contributed by atoms with Crippen LogP contribution in [-0.2, 0) is 25.8 Å². The molecule has 2 aromatic carbocycles. The molecule has 1 heteroatoms. The molecule has 0 spiro atoms. The van der Waals surface area contributed by atoms with Gasteiger partial charge in [-0.25, -0.2) is 24.3 Å². The van der Waals surface area contributed by atoms with Crippen LogP contribution < -0.4 is 0 Å². The van der Waals surface area contributed by atoms with Crippen molar-refractivity contribution in [1.82, 2.24) is 0 Å². The van der Waals surface area contributed by atoms with E-state index in [0.29, 0.717) is 0 Å². The summed E-state index contributed by atoms with van der Waals surface area (Å²) in [4.78, 5) is 0. The Hall–Kier alpha value is -0.430. The van der Waals surface area contributed by atoms with Crippen LogP contribution in [0.1, 0.15) is 0 Å². The van der Waals surface area contributed by atoms with E-state index in [9.17, 15) is 0 Å². The molecule has 0 N–H and O–H groups in total. The Morgan fingerprint density at radius 2 is 0.833 bits per heavy atom. The summed E-state index contributed by atoms with van der Waals surface area (Å²) < 4.78 is 0. The van der Waals surface area contributed by atoms with Gasteiger partial charge in [0.1, 0.15) is 0 Å². The minimum absolute atomic E-state index is 0. The van der Waals surface area contributed by atoms with Crippen LogP contribution in [0.15, 0.2) is 60.7 Å². The summed E-state index contributed by atoms with van der Waals surface area (Å²) in [5.41, 5.74) is 0. The van der Waals surface area contributed by atoms with Crippen molar-refractivity contribution in [3.8, 4) is 0 Å². The first-order valence-corrected chi connectivity index (χ1v) is 3.33. The topological polar surface area (TPSA) is 0 Å². The van der Waals surface area contributed by atoms with E-state index >= 15 is 0 Å². The molecule has 2 rings (SSSR count). The molecule has 60 valence electrons. The predicted octanol–water partition coefficient (Wildman–Crippen LogP) is 3.26. The fourth-order valence-corrected chi connectivity index (χ4v) is 0.642. The number of rotatable bonds is 0. The largest absolute Gasteiger partial charge is 3.00 e. The SMILES string of the molecule is [CH3-].[Sc+3].c1cc[cH-]c1.c1cc[cH-]c1. The summed E-state index contributed by atoms with van der Waals surface area (Å²) in [6.45, 7) is 0. The summed E-state index contributed by atoms with van der Waals surface area (Å²) in [6, 6.07) is 20.0. The Balaban J connectivity index is 0. The molecule has 0 saturated heterocycles. The van der Waals surface area contributed by atoms with Crippen molar-refractivity contribution in [3.63, 3.8) is 0 Å². The van der Waals surface area contributed by atoms with Crippen LogP contribution in [0.5, 0.6) is 0 Å². The van der Waals surface area contributed by atoms with Gasteiger partial charge in [0, 0.05) is 0 Å². The molecule has 12 heavy (non-hydrogen) atoms.